The van der Waals surface area contributed by atoms with Crippen LogP contribution < -0.4 is 5.32 Å². The van der Waals surface area contributed by atoms with Gasteiger partial charge in [-0.3, -0.25) is 4.98 Å². The Kier molecular flexibility index (Phi) is 4.19. The van der Waals surface area contributed by atoms with Gasteiger partial charge in [0.2, 0.25) is 0 Å². The first-order chi connectivity index (χ1) is 12.7. The Hall–Kier alpha value is -3.47. The first-order valence-corrected chi connectivity index (χ1v) is 8.50. The maximum Gasteiger partial charge on any atom is 0.180 e. The van der Waals surface area contributed by atoms with Gasteiger partial charge in [-0.2, -0.15) is 0 Å². The lowest BCUT2D eigenvalue weighted by molar-refractivity contribution is 0.475. The molecule has 0 aliphatic heterocycles. The zero-order valence-corrected chi connectivity index (χ0v) is 14.3. The van der Waals surface area contributed by atoms with Crippen molar-refractivity contribution in [1.82, 2.24) is 15.0 Å². The molecule has 26 heavy (non-hydrogen) atoms. The lowest BCUT2D eigenvalue weighted by Crippen LogP contribution is -1.97. The Morgan fingerprint density at radius 1 is 0.885 bits per heavy atom. The molecular formula is C21H18N4O. The fourth-order valence-electron chi connectivity index (χ4n) is 2.71. The van der Waals surface area contributed by atoms with Gasteiger partial charge in [-0.05, 0) is 60.5 Å². The van der Waals surface area contributed by atoms with Gasteiger partial charge in [-0.1, -0.05) is 19.1 Å². The Balaban J connectivity index is 1.65. The highest BCUT2D eigenvalue weighted by Crippen LogP contribution is 2.22. The third-order valence-corrected chi connectivity index (χ3v) is 4.20. The van der Waals surface area contributed by atoms with Crippen LogP contribution in [0.5, 0.6) is 5.75 Å². The predicted molar refractivity (Wildman–Crippen MR) is 104 cm³/mol. The summed E-state index contributed by atoms with van der Waals surface area (Å²) in [5.41, 5.74) is 5.19. The van der Waals surface area contributed by atoms with Crippen LogP contribution in [0.15, 0.2) is 66.9 Å². The Labute approximate surface area is 151 Å². The van der Waals surface area contributed by atoms with Gasteiger partial charge in [0, 0.05) is 11.3 Å². The number of fused-ring (bicyclic) bond motifs is 1. The third kappa shape index (κ3) is 3.32. The van der Waals surface area contributed by atoms with E-state index in [-0.39, 0.29) is 5.75 Å². The zero-order valence-electron chi connectivity index (χ0n) is 14.3. The summed E-state index contributed by atoms with van der Waals surface area (Å²) in [5.74, 6) is 0.945. The lowest BCUT2D eigenvalue weighted by atomic mass is 10.1. The highest BCUT2D eigenvalue weighted by molar-refractivity contribution is 5.76. The van der Waals surface area contributed by atoms with E-state index in [4.69, 9.17) is 0 Å². The second kappa shape index (κ2) is 6.80. The number of benzene rings is 2. The van der Waals surface area contributed by atoms with Crippen molar-refractivity contribution in [3.05, 3.63) is 72.4 Å². The van der Waals surface area contributed by atoms with E-state index in [0.717, 1.165) is 34.7 Å². The fourth-order valence-corrected chi connectivity index (χ4v) is 2.71. The number of rotatable bonds is 4. The first kappa shape index (κ1) is 16.0. The molecule has 128 valence electrons. The van der Waals surface area contributed by atoms with Gasteiger partial charge in [-0.15, -0.1) is 0 Å². The van der Waals surface area contributed by atoms with Crippen LogP contribution in [-0.2, 0) is 6.42 Å². The standard InChI is InChI=1S/C21H18N4O/c1-2-14-3-7-16(8-4-14)23-20-12-11-18-21(25-20)24-19(13-22-18)15-5-9-17(26)10-6-15/h3-13,26H,2H2,1H3,(H,23,24,25). The maximum absolute atomic E-state index is 9.43. The van der Waals surface area contributed by atoms with Crippen LogP contribution in [0.25, 0.3) is 22.4 Å². The zero-order chi connectivity index (χ0) is 17.9. The van der Waals surface area contributed by atoms with Crippen LogP contribution in [0.4, 0.5) is 11.5 Å². The van der Waals surface area contributed by atoms with Crippen LogP contribution in [-0.4, -0.2) is 20.1 Å². The highest BCUT2D eigenvalue weighted by Gasteiger charge is 2.06. The molecule has 4 rings (SSSR count). The summed E-state index contributed by atoms with van der Waals surface area (Å²) >= 11 is 0. The number of aryl methyl sites for hydroxylation is 1. The van der Waals surface area contributed by atoms with E-state index in [2.05, 4.69) is 39.3 Å². The summed E-state index contributed by atoms with van der Waals surface area (Å²) in [5, 5.41) is 12.7. The van der Waals surface area contributed by atoms with Crippen molar-refractivity contribution >= 4 is 22.7 Å². The Bertz CT molecular complexity index is 1040. The molecule has 2 N–H and O–H groups in total. The topological polar surface area (TPSA) is 70.9 Å². The molecule has 0 aliphatic carbocycles. The summed E-state index contributed by atoms with van der Waals surface area (Å²) in [6.07, 6.45) is 2.73. The normalized spacial score (nSPS) is 10.8. The second-order valence-corrected chi connectivity index (χ2v) is 6.02. The molecule has 0 fully saturated rings. The number of nitrogens with zero attached hydrogens (tertiary/aromatic N) is 3. The van der Waals surface area contributed by atoms with Crippen LogP contribution in [0.1, 0.15) is 12.5 Å². The van der Waals surface area contributed by atoms with Crippen LogP contribution in [0, 0.1) is 0 Å². The van der Waals surface area contributed by atoms with Gasteiger partial charge < -0.3 is 10.4 Å². The number of phenols is 1. The number of hydrogen-bond acceptors (Lipinski definition) is 5. The number of aromatic hydroxyl groups is 1. The van der Waals surface area contributed by atoms with E-state index in [1.165, 1.54) is 5.56 Å². The molecule has 2 aromatic heterocycles. The first-order valence-electron chi connectivity index (χ1n) is 8.50. The van der Waals surface area contributed by atoms with Crippen molar-refractivity contribution in [3.8, 4) is 17.0 Å². The number of nitrogens with one attached hydrogen (secondary N) is 1. The molecule has 0 saturated carbocycles. The van der Waals surface area contributed by atoms with E-state index in [9.17, 15) is 5.11 Å². The summed E-state index contributed by atoms with van der Waals surface area (Å²) in [6, 6.07) is 19.0. The van der Waals surface area contributed by atoms with Crippen molar-refractivity contribution in [2.24, 2.45) is 0 Å². The second-order valence-electron chi connectivity index (χ2n) is 6.02. The molecule has 5 heteroatoms. The van der Waals surface area contributed by atoms with Crippen LogP contribution in [0.3, 0.4) is 0 Å². The fraction of sp³-hybridized carbons (Fsp3) is 0.0952. The van der Waals surface area contributed by atoms with E-state index < -0.39 is 0 Å². The van der Waals surface area contributed by atoms with Gasteiger partial charge in [0.25, 0.3) is 0 Å². The van der Waals surface area contributed by atoms with Crippen molar-refractivity contribution < 1.29 is 5.11 Å². The summed E-state index contributed by atoms with van der Waals surface area (Å²) in [7, 11) is 0. The third-order valence-electron chi connectivity index (χ3n) is 4.20. The highest BCUT2D eigenvalue weighted by atomic mass is 16.3. The number of aromatic nitrogens is 3. The molecular weight excluding hydrogens is 324 g/mol. The average molecular weight is 342 g/mol. The van der Waals surface area contributed by atoms with Crippen molar-refractivity contribution in [2.75, 3.05) is 5.32 Å². The molecule has 2 heterocycles. The van der Waals surface area contributed by atoms with Gasteiger partial charge in [-0.25, -0.2) is 9.97 Å². The molecule has 0 aliphatic rings. The Morgan fingerprint density at radius 3 is 2.38 bits per heavy atom. The van der Waals surface area contributed by atoms with Gasteiger partial charge in [0.15, 0.2) is 5.65 Å². The molecule has 0 spiro atoms. The predicted octanol–water partition coefficient (Wildman–Crippen LogP) is 4.70. The van der Waals surface area contributed by atoms with Crippen molar-refractivity contribution in [2.45, 2.75) is 13.3 Å². The molecule has 4 aromatic rings. The molecule has 0 atom stereocenters. The number of pyridine rings is 1. The summed E-state index contributed by atoms with van der Waals surface area (Å²) in [6.45, 7) is 2.14. The molecule has 2 aromatic carbocycles. The maximum atomic E-state index is 9.43. The minimum Gasteiger partial charge on any atom is -0.508 e. The molecule has 0 bridgehead atoms. The minimum absolute atomic E-state index is 0.223. The minimum atomic E-state index is 0.223. The average Bonchev–Trinajstić information content (AvgIpc) is 2.68. The lowest BCUT2D eigenvalue weighted by Gasteiger charge is -2.08. The van der Waals surface area contributed by atoms with E-state index in [1.54, 1.807) is 18.3 Å². The molecule has 0 amide bonds. The number of hydrogen-bond donors (Lipinski definition) is 2. The molecule has 0 saturated heterocycles. The smallest absolute Gasteiger partial charge is 0.180 e. The number of phenolic OH excluding ortho intramolecular Hbond substituents is 1. The molecule has 5 nitrogen and oxygen atoms in total. The van der Waals surface area contributed by atoms with Gasteiger partial charge in [0.05, 0.1) is 11.9 Å². The van der Waals surface area contributed by atoms with Crippen molar-refractivity contribution in [3.63, 3.8) is 0 Å². The summed E-state index contributed by atoms with van der Waals surface area (Å²) in [4.78, 5) is 13.6. The van der Waals surface area contributed by atoms with Gasteiger partial charge in [0.1, 0.15) is 17.1 Å². The van der Waals surface area contributed by atoms with Crippen LogP contribution >= 0.6 is 0 Å². The largest absolute Gasteiger partial charge is 0.508 e. The van der Waals surface area contributed by atoms with E-state index >= 15 is 0 Å². The molecule has 0 unspecified atom stereocenters. The van der Waals surface area contributed by atoms with Crippen molar-refractivity contribution in [1.29, 1.82) is 0 Å². The molecule has 0 radical (unpaired) electrons. The Morgan fingerprint density at radius 2 is 1.65 bits per heavy atom. The number of anilines is 2. The van der Waals surface area contributed by atoms with Gasteiger partial charge >= 0.3 is 0 Å². The quantitative estimate of drug-likeness (QED) is 0.562. The van der Waals surface area contributed by atoms with E-state index in [1.807, 2.05) is 36.4 Å². The van der Waals surface area contributed by atoms with E-state index in [0.29, 0.717) is 5.65 Å². The SMILES string of the molecule is CCc1ccc(Nc2ccc3ncc(-c4ccc(O)cc4)nc3n2)cc1. The summed E-state index contributed by atoms with van der Waals surface area (Å²) < 4.78 is 0. The van der Waals surface area contributed by atoms with Crippen LogP contribution in [0.2, 0.25) is 0 Å². The monoisotopic (exact) mass is 342 g/mol.